The Balaban J connectivity index is 2.68. The average Bonchev–Trinajstić information content (AvgIpc) is 2.22. The summed E-state index contributed by atoms with van der Waals surface area (Å²) in [5, 5.41) is 0.638. The monoisotopic (exact) mass is 224 g/mol. The molecule has 0 radical (unpaired) electrons. The molecule has 2 heteroatoms. The highest BCUT2D eigenvalue weighted by Gasteiger charge is 2.08. The molecule has 0 unspecified atom stereocenters. The van der Waals surface area contributed by atoms with Gasteiger partial charge >= 0.3 is 0 Å². The lowest BCUT2D eigenvalue weighted by molar-refractivity contribution is 0.0978. The molecule has 0 heterocycles. The molecule has 0 aliphatic heterocycles. The quantitative estimate of drug-likeness (QED) is 0.535. The third kappa shape index (κ3) is 3.67. The second-order valence-electron chi connectivity index (χ2n) is 3.84. The molecule has 1 aromatic carbocycles. The van der Waals surface area contributed by atoms with Crippen LogP contribution in [-0.2, 0) is 0 Å². The van der Waals surface area contributed by atoms with Gasteiger partial charge in [0.2, 0.25) is 0 Å². The number of hydrogen-bond donors (Lipinski definition) is 0. The van der Waals surface area contributed by atoms with Gasteiger partial charge in [-0.3, -0.25) is 4.79 Å². The van der Waals surface area contributed by atoms with E-state index in [2.05, 4.69) is 6.92 Å². The molecule has 0 bridgehead atoms. The van der Waals surface area contributed by atoms with Gasteiger partial charge in [-0.1, -0.05) is 37.4 Å². The Morgan fingerprint density at radius 1 is 1.33 bits per heavy atom. The van der Waals surface area contributed by atoms with Crippen LogP contribution in [0.5, 0.6) is 0 Å². The Bertz CT molecular complexity index is 344. The molecule has 0 aliphatic rings. The maximum Gasteiger partial charge on any atom is 0.163 e. The molecule has 1 rings (SSSR count). The number of rotatable bonds is 5. The van der Waals surface area contributed by atoms with E-state index in [4.69, 9.17) is 11.6 Å². The number of carbonyl (C=O) groups excluding carboxylic acids is 1. The zero-order valence-electron chi connectivity index (χ0n) is 9.35. The van der Waals surface area contributed by atoms with E-state index < -0.39 is 0 Å². The lowest BCUT2D eigenvalue weighted by Crippen LogP contribution is -2.01. The normalized spacial score (nSPS) is 10.3. The van der Waals surface area contributed by atoms with Gasteiger partial charge in [-0.2, -0.15) is 0 Å². The molecule has 15 heavy (non-hydrogen) atoms. The minimum atomic E-state index is 0.212. The molecule has 0 fully saturated rings. The Kier molecular flexibility index (Phi) is 4.83. The topological polar surface area (TPSA) is 17.1 Å². The number of carbonyl (C=O) groups is 1. The number of ketones is 1. The molecule has 0 saturated heterocycles. The second-order valence-corrected chi connectivity index (χ2v) is 4.28. The third-order valence-corrected chi connectivity index (χ3v) is 2.74. The van der Waals surface area contributed by atoms with Gasteiger partial charge in [-0.25, -0.2) is 0 Å². The SMILES string of the molecule is CCCCCC(=O)c1cc(Cl)ccc1C. The molecular weight excluding hydrogens is 208 g/mol. The van der Waals surface area contributed by atoms with E-state index in [-0.39, 0.29) is 5.78 Å². The van der Waals surface area contributed by atoms with Crippen LogP contribution in [0.15, 0.2) is 18.2 Å². The Morgan fingerprint density at radius 2 is 2.07 bits per heavy atom. The highest BCUT2D eigenvalue weighted by atomic mass is 35.5. The van der Waals surface area contributed by atoms with Gasteiger partial charge in [-0.05, 0) is 31.0 Å². The molecule has 82 valence electrons. The molecule has 0 aromatic heterocycles. The molecule has 0 N–H and O–H groups in total. The summed E-state index contributed by atoms with van der Waals surface area (Å²) in [6, 6.07) is 5.49. The first kappa shape index (κ1) is 12.3. The first-order chi connectivity index (χ1) is 7.15. The zero-order chi connectivity index (χ0) is 11.3. The molecule has 0 spiro atoms. The second kappa shape index (κ2) is 5.92. The van der Waals surface area contributed by atoms with Crippen molar-refractivity contribution in [2.24, 2.45) is 0 Å². The van der Waals surface area contributed by atoms with Crippen LogP contribution in [0.2, 0.25) is 5.02 Å². The van der Waals surface area contributed by atoms with Gasteiger partial charge in [-0.15, -0.1) is 0 Å². The van der Waals surface area contributed by atoms with Crippen LogP contribution in [0, 0.1) is 6.92 Å². The number of Topliss-reactive ketones (excluding diaryl/α,β-unsaturated/α-hetero) is 1. The number of aryl methyl sites for hydroxylation is 1. The van der Waals surface area contributed by atoms with Gasteiger partial charge in [0.15, 0.2) is 5.78 Å². The van der Waals surface area contributed by atoms with Crippen molar-refractivity contribution >= 4 is 17.4 Å². The Labute approximate surface area is 96.5 Å². The summed E-state index contributed by atoms with van der Waals surface area (Å²) in [5.41, 5.74) is 1.79. The largest absolute Gasteiger partial charge is 0.294 e. The summed E-state index contributed by atoms with van der Waals surface area (Å²) in [6.45, 7) is 4.08. The molecule has 0 amide bonds. The van der Waals surface area contributed by atoms with Crippen LogP contribution in [-0.4, -0.2) is 5.78 Å². The van der Waals surface area contributed by atoms with Gasteiger partial charge in [0.05, 0.1) is 0 Å². The van der Waals surface area contributed by atoms with Crippen molar-refractivity contribution < 1.29 is 4.79 Å². The minimum absolute atomic E-state index is 0.212. The van der Waals surface area contributed by atoms with Gasteiger partial charge in [0, 0.05) is 17.0 Å². The number of unbranched alkanes of at least 4 members (excludes halogenated alkanes) is 2. The van der Waals surface area contributed by atoms with Crippen molar-refractivity contribution in [1.82, 2.24) is 0 Å². The van der Waals surface area contributed by atoms with E-state index in [1.54, 1.807) is 6.07 Å². The molecule has 0 atom stereocenters. The fourth-order valence-electron chi connectivity index (χ4n) is 1.56. The van der Waals surface area contributed by atoms with Crippen LogP contribution in [0.25, 0.3) is 0 Å². The molecule has 0 saturated carbocycles. The molecule has 0 aliphatic carbocycles. The smallest absolute Gasteiger partial charge is 0.163 e. The highest BCUT2D eigenvalue weighted by molar-refractivity contribution is 6.31. The van der Waals surface area contributed by atoms with E-state index in [1.165, 1.54) is 0 Å². The summed E-state index contributed by atoms with van der Waals surface area (Å²) in [7, 11) is 0. The van der Waals surface area contributed by atoms with Gasteiger partial charge < -0.3 is 0 Å². The fraction of sp³-hybridized carbons (Fsp3) is 0.462. The van der Waals surface area contributed by atoms with Gasteiger partial charge in [0.25, 0.3) is 0 Å². The van der Waals surface area contributed by atoms with E-state index in [1.807, 2.05) is 19.1 Å². The number of halogens is 1. The number of hydrogen-bond acceptors (Lipinski definition) is 1. The van der Waals surface area contributed by atoms with Gasteiger partial charge in [0.1, 0.15) is 0 Å². The van der Waals surface area contributed by atoms with Crippen molar-refractivity contribution in [3.63, 3.8) is 0 Å². The maximum absolute atomic E-state index is 11.8. The Morgan fingerprint density at radius 3 is 2.73 bits per heavy atom. The summed E-state index contributed by atoms with van der Waals surface area (Å²) in [4.78, 5) is 11.8. The zero-order valence-corrected chi connectivity index (χ0v) is 10.1. The van der Waals surface area contributed by atoms with Crippen LogP contribution in [0.3, 0.4) is 0 Å². The highest BCUT2D eigenvalue weighted by Crippen LogP contribution is 2.18. The van der Waals surface area contributed by atoms with Crippen molar-refractivity contribution in [2.45, 2.75) is 39.5 Å². The lowest BCUT2D eigenvalue weighted by Gasteiger charge is -2.05. The van der Waals surface area contributed by atoms with Crippen molar-refractivity contribution in [3.8, 4) is 0 Å². The first-order valence-electron chi connectivity index (χ1n) is 5.44. The predicted molar refractivity (Wildman–Crippen MR) is 64.7 cm³/mol. The summed E-state index contributed by atoms with van der Waals surface area (Å²) in [6.07, 6.45) is 3.86. The third-order valence-electron chi connectivity index (χ3n) is 2.51. The lowest BCUT2D eigenvalue weighted by atomic mass is 10.0. The standard InChI is InChI=1S/C13H17ClO/c1-3-4-5-6-13(15)12-9-11(14)8-7-10(12)2/h7-9H,3-6H2,1-2H3. The van der Waals surface area contributed by atoms with E-state index in [0.29, 0.717) is 11.4 Å². The van der Waals surface area contributed by atoms with Crippen molar-refractivity contribution in [2.75, 3.05) is 0 Å². The van der Waals surface area contributed by atoms with E-state index in [0.717, 1.165) is 30.4 Å². The van der Waals surface area contributed by atoms with Crippen molar-refractivity contribution in [1.29, 1.82) is 0 Å². The summed E-state index contributed by atoms with van der Waals surface area (Å²) >= 11 is 5.87. The maximum atomic E-state index is 11.8. The fourth-order valence-corrected chi connectivity index (χ4v) is 1.74. The minimum Gasteiger partial charge on any atom is -0.294 e. The van der Waals surface area contributed by atoms with Crippen LogP contribution in [0.4, 0.5) is 0 Å². The molecule has 1 aromatic rings. The van der Waals surface area contributed by atoms with Crippen LogP contribution >= 0.6 is 11.6 Å². The molecular formula is C13H17ClO. The predicted octanol–water partition coefficient (Wildman–Crippen LogP) is 4.41. The molecule has 1 nitrogen and oxygen atoms in total. The van der Waals surface area contributed by atoms with Crippen LogP contribution in [0.1, 0.15) is 48.5 Å². The van der Waals surface area contributed by atoms with Crippen LogP contribution < -0.4 is 0 Å². The van der Waals surface area contributed by atoms with E-state index in [9.17, 15) is 4.79 Å². The first-order valence-corrected chi connectivity index (χ1v) is 5.82. The van der Waals surface area contributed by atoms with E-state index >= 15 is 0 Å². The summed E-state index contributed by atoms with van der Waals surface area (Å²) in [5.74, 6) is 0.212. The van der Waals surface area contributed by atoms with Crippen molar-refractivity contribution in [3.05, 3.63) is 34.3 Å². The average molecular weight is 225 g/mol. The summed E-state index contributed by atoms with van der Waals surface area (Å²) < 4.78 is 0. The Hall–Kier alpha value is -0.820. The number of benzene rings is 1.